The Balaban J connectivity index is 1.91. The van der Waals surface area contributed by atoms with Crippen molar-refractivity contribution in [2.24, 2.45) is 0 Å². The SMILES string of the molecule is CCOc1ccccc1OC(=O)CSc1ccc([N+](=O)[O-])cc1. The zero-order chi connectivity index (χ0) is 16.7. The molecule has 0 spiro atoms. The second kappa shape index (κ2) is 8.19. The first-order valence-electron chi connectivity index (χ1n) is 6.90. The summed E-state index contributed by atoms with van der Waals surface area (Å²) in [7, 11) is 0. The van der Waals surface area contributed by atoms with Gasteiger partial charge < -0.3 is 9.47 Å². The lowest BCUT2D eigenvalue weighted by atomic mass is 10.3. The van der Waals surface area contributed by atoms with Crippen LogP contribution < -0.4 is 9.47 Å². The zero-order valence-corrected chi connectivity index (χ0v) is 13.2. The van der Waals surface area contributed by atoms with Crippen LogP contribution >= 0.6 is 11.8 Å². The largest absolute Gasteiger partial charge is 0.490 e. The molecule has 0 saturated carbocycles. The van der Waals surface area contributed by atoms with Crippen LogP contribution in [0.5, 0.6) is 11.5 Å². The Morgan fingerprint density at radius 3 is 2.39 bits per heavy atom. The van der Waals surface area contributed by atoms with E-state index in [9.17, 15) is 14.9 Å². The van der Waals surface area contributed by atoms with Crippen molar-refractivity contribution >= 4 is 23.4 Å². The van der Waals surface area contributed by atoms with Crippen molar-refractivity contribution in [2.45, 2.75) is 11.8 Å². The van der Waals surface area contributed by atoms with Crippen LogP contribution in [-0.4, -0.2) is 23.3 Å². The molecule has 0 aromatic heterocycles. The average Bonchev–Trinajstić information content (AvgIpc) is 2.55. The van der Waals surface area contributed by atoms with Gasteiger partial charge in [-0.15, -0.1) is 11.8 Å². The quantitative estimate of drug-likeness (QED) is 0.253. The number of carbonyl (C=O) groups excluding carboxylic acids is 1. The first kappa shape index (κ1) is 16.8. The van der Waals surface area contributed by atoms with Crippen molar-refractivity contribution in [3.8, 4) is 11.5 Å². The lowest BCUT2D eigenvalue weighted by Crippen LogP contribution is -2.11. The molecule has 2 aromatic rings. The van der Waals surface area contributed by atoms with Gasteiger partial charge in [-0.3, -0.25) is 14.9 Å². The molecule has 0 heterocycles. The third-order valence-corrected chi connectivity index (χ3v) is 3.76. The van der Waals surface area contributed by atoms with E-state index >= 15 is 0 Å². The monoisotopic (exact) mass is 333 g/mol. The van der Waals surface area contributed by atoms with Gasteiger partial charge in [-0.25, -0.2) is 0 Å². The number of benzene rings is 2. The number of nitrogens with zero attached hydrogens (tertiary/aromatic N) is 1. The predicted molar refractivity (Wildman–Crippen MR) is 87.1 cm³/mol. The third-order valence-electron chi connectivity index (χ3n) is 2.78. The van der Waals surface area contributed by atoms with Crippen molar-refractivity contribution in [2.75, 3.05) is 12.4 Å². The van der Waals surface area contributed by atoms with Crippen LogP contribution in [0.15, 0.2) is 53.4 Å². The van der Waals surface area contributed by atoms with Crippen molar-refractivity contribution in [1.29, 1.82) is 0 Å². The Kier molecular flexibility index (Phi) is 5.99. The Bertz CT molecular complexity index is 687. The van der Waals surface area contributed by atoms with Crippen LogP contribution in [0.25, 0.3) is 0 Å². The summed E-state index contributed by atoms with van der Waals surface area (Å²) in [6.45, 7) is 2.33. The fourth-order valence-corrected chi connectivity index (χ4v) is 2.44. The van der Waals surface area contributed by atoms with Gasteiger partial charge in [0.25, 0.3) is 5.69 Å². The van der Waals surface area contributed by atoms with E-state index in [-0.39, 0.29) is 11.4 Å². The van der Waals surface area contributed by atoms with E-state index in [4.69, 9.17) is 9.47 Å². The van der Waals surface area contributed by atoms with Crippen LogP contribution in [0.4, 0.5) is 5.69 Å². The molecule has 0 amide bonds. The summed E-state index contributed by atoms with van der Waals surface area (Å²) in [5, 5.41) is 10.6. The number of thioether (sulfide) groups is 1. The molecule has 0 atom stereocenters. The van der Waals surface area contributed by atoms with E-state index in [1.165, 1.54) is 23.9 Å². The van der Waals surface area contributed by atoms with E-state index < -0.39 is 10.9 Å². The summed E-state index contributed by atoms with van der Waals surface area (Å²) in [6, 6.07) is 13.0. The minimum absolute atomic E-state index is 0.0163. The second-order valence-electron chi connectivity index (χ2n) is 4.39. The molecule has 0 saturated heterocycles. The number of hydrogen-bond donors (Lipinski definition) is 0. The maximum atomic E-state index is 11.9. The summed E-state index contributed by atoms with van der Waals surface area (Å²) in [4.78, 5) is 22.8. The van der Waals surface area contributed by atoms with Gasteiger partial charge in [-0.2, -0.15) is 0 Å². The molecular formula is C16H15NO5S. The minimum atomic E-state index is -0.465. The molecule has 2 rings (SSSR count). The van der Waals surface area contributed by atoms with E-state index in [0.717, 1.165) is 4.90 Å². The van der Waals surface area contributed by atoms with Crippen LogP contribution in [0, 0.1) is 10.1 Å². The molecule has 0 bridgehead atoms. The summed E-state index contributed by atoms with van der Waals surface area (Å²) in [5.74, 6) is 0.575. The third kappa shape index (κ3) is 5.00. The van der Waals surface area contributed by atoms with Gasteiger partial charge in [-0.05, 0) is 31.2 Å². The van der Waals surface area contributed by atoms with Crippen LogP contribution in [0.2, 0.25) is 0 Å². The second-order valence-corrected chi connectivity index (χ2v) is 5.44. The number of non-ortho nitro benzene ring substituents is 1. The van der Waals surface area contributed by atoms with Gasteiger partial charge in [0.1, 0.15) is 0 Å². The average molecular weight is 333 g/mol. The Hall–Kier alpha value is -2.54. The zero-order valence-electron chi connectivity index (χ0n) is 12.4. The van der Waals surface area contributed by atoms with Crippen LogP contribution in [0.3, 0.4) is 0 Å². The highest BCUT2D eigenvalue weighted by atomic mass is 32.2. The highest BCUT2D eigenvalue weighted by Crippen LogP contribution is 2.27. The number of nitro groups is 1. The van der Waals surface area contributed by atoms with Gasteiger partial charge in [0, 0.05) is 17.0 Å². The van der Waals surface area contributed by atoms with Gasteiger partial charge >= 0.3 is 5.97 Å². The van der Waals surface area contributed by atoms with Crippen LogP contribution in [0.1, 0.15) is 6.92 Å². The van der Waals surface area contributed by atoms with Crippen molar-refractivity contribution < 1.29 is 19.2 Å². The molecule has 0 N–H and O–H groups in total. The highest BCUT2D eigenvalue weighted by Gasteiger charge is 2.11. The fraction of sp³-hybridized carbons (Fsp3) is 0.188. The van der Waals surface area contributed by atoms with E-state index in [1.54, 1.807) is 36.4 Å². The maximum Gasteiger partial charge on any atom is 0.321 e. The van der Waals surface area contributed by atoms with Gasteiger partial charge in [-0.1, -0.05) is 12.1 Å². The Morgan fingerprint density at radius 2 is 1.78 bits per heavy atom. The maximum absolute atomic E-state index is 11.9. The number of para-hydroxylation sites is 2. The smallest absolute Gasteiger partial charge is 0.321 e. The molecule has 120 valence electrons. The molecule has 0 aliphatic heterocycles. The summed E-state index contributed by atoms with van der Waals surface area (Å²) in [5.41, 5.74) is 0.0163. The number of nitro benzene ring substituents is 1. The van der Waals surface area contributed by atoms with E-state index in [2.05, 4.69) is 0 Å². The first-order valence-corrected chi connectivity index (χ1v) is 7.88. The first-order chi connectivity index (χ1) is 11.1. The van der Waals surface area contributed by atoms with Crippen molar-refractivity contribution in [1.82, 2.24) is 0 Å². The highest BCUT2D eigenvalue weighted by molar-refractivity contribution is 8.00. The molecule has 0 aliphatic carbocycles. The van der Waals surface area contributed by atoms with Gasteiger partial charge in [0.2, 0.25) is 0 Å². The standard InChI is InChI=1S/C16H15NO5S/c1-2-21-14-5-3-4-6-15(14)22-16(18)11-23-13-9-7-12(8-10-13)17(19)20/h3-10H,2,11H2,1H3. The van der Waals surface area contributed by atoms with Crippen LogP contribution in [-0.2, 0) is 4.79 Å². The molecule has 0 unspecified atom stereocenters. The molecule has 0 radical (unpaired) electrons. The molecule has 6 nitrogen and oxygen atoms in total. The molecule has 23 heavy (non-hydrogen) atoms. The van der Waals surface area contributed by atoms with E-state index in [1.807, 2.05) is 6.92 Å². The van der Waals surface area contributed by atoms with Gasteiger partial charge in [0.15, 0.2) is 11.5 Å². The fourth-order valence-electron chi connectivity index (χ4n) is 1.77. The minimum Gasteiger partial charge on any atom is -0.490 e. The predicted octanol–water partition coefficient (Wildman–Crippen LogP) is 3.69. The number of ether oxygens (including phenoxy) is 2. The Morgan fingerprint density at radius 1 is 1.13 bits per heavy atom. The molecule has 2 aromatic carbocycles. The molecule has 0 fully saturated rings. The molecule has 7 heteroatoms. The lowest BCUT2D eigenvalue weighted by molar-refractivity contribution is -0.384. The summed E-state index contributed by atoms with van der Waals surface area (Å²) < 4.78 is 10.7. The molecule has 0 aliphatic rings. The normalized spacial score (nSPS) is 10.1. The van der Waals surface area contributed by atoms with Crippen molar-refractivity contribution in [3.05, 3.63) is 58.6 Å². The summed E-state index contributed by atoms with van der Waals surface area (Å²) >= 11 is 1.25. The van der Waals surface area contributed by atoms with Crippen molar-refractivity contribution in [3.63, 3.8) is 0 Å². The Labute approximate surface area is 137 Å². The number of hydrogen-bond acceptors (Lipinski definition) is 6. The topological polar surface area (TPSA) is 78.7 Å². The van der Waals surface area contributed by atoms with Gasteiger partial charge in [0.05, 0.1) is 17.3 Å². The summed E-state index contributed by atoms with van der Waals surface area (Å²) in [6.07, 6.45) is 0. The lowest BCUT2D eigenvalue weighted by Gasteiger charge is -2.10. The number of esters is 1. The van der Waals surface area contributed by atoms with E-state index in [0.29, 0.717) is 18.1 Å². The number of carbonyl (C=O) groups is 1. The molecular weight excluding hydrogens is 318 g/mol. The number of rotatable bonds is 7.